The Bertz CT molecular complexity index is 440. The van der Waals surface area contributed by atoms with Crippen molar-refractivity contribution in [2.45, 2.75) is 25.8 Å². The molecule has 1 aliphatic carbocycles. The fraction of sp³-hybridized carbons (Fsp3) is 0.462. The summed E-state index contributed by atoms with van der Waals surface area (Å²) >= 11 is 0. The van der Waals surface area contributed by atoms with Crippen molar-refractivity contribution in [3.05, 3.63) is 23.8 Å². The van der Waals surface area contributed by atoms with Crippen LogP contribution in [0.15, 0.2) is 18.2 Å². The summed E-state index contributed by atoms with van der Waals surface area (Å²) in [6.07, 6.45) is 2.56. The molecule has 1 atom stereocenters. The lowest BCUT2D eigenvalue weighted by Gasteiger charge is -2.28. The predicted octanol–water partition coefficient (Wildman–Crippen LogP) is 1.60. The Morgan fingerprint density at radius 3 is 2.65 bits per heavy atom. The van der Waals surface area contributed by atoms with E-state index in [1.807, 2.05) is 7.05 Å². The average Bonchev–Trinajstić information content (AvgIpc) is 3.11. The van der Waals surface area contributed by atoms with Gasteiger partial charge in [-0.1, -0.05) is 0 Å². The first kappa shape index (κ1) is 11.8. The lowest BCUT2D eigenvalue weighted by atomic mass is 10.1. The van der Waals surface area contributed by atoms with Gasteiger partial charge in [0.15, 0.2) is 0 Å². The molecule has 1 unspecified atom stereocenters. The number of carbonyl (C=O) groups excluding carboxylic acids is 1. The molecule has 0 radical (unpaired) electrons. The van der Waals surface area contributed by atoms with E-state index in [0.29, 0.717) is 17.3 Å². The maximum atomic E-state index is 11.2. The van der Waals surface area contributed by atoms with Crippen molar-refractivity contribution in [3.8, 4) is 0 Å². The fourth-order valence-corrected chi connectivity index (χ4v) is 2.12. The quantitative estimate of drug-likeness (QED) is 0.776. The number of amides is 1. The Balaban J connectivity index is 2.29. The second kappa shape index (κ2) is 4.28. The van der Waals surface area contributed by atoms with Crippen molar-refractivity contribution in [1.82, 2.24) is 0 Å². The number of nitrogen functional groups attached to an aromatic ring is 1. The van der Waals surface area contributed by atoms with E-state index in [1.54, 1.807) is 18.2 Å². The number of primary amides is 1. The standard InChI is InChI=1S/C13H19N3O/c1-8(9-3-4-9)16(2)12-7-10(13(15)17)5-6-11(12)14/h5-9H,3-4,14H2,1-2H3,(H2,15,17). The Morgan fingerprint density at radius 2 is 2.12 bits per heavy atom. The van der Waals surface area contributed by atoms with Crippen LogP contribution in [0.1, 0.15) is 30.1 Å². The molecule has 1 aromatic carbocycles. The Hall–Kier alpha value is -1.71. The second-order valence-corrected chi connectivity index (χ2v) is 4.83. The molecule has 1 aromatic rings. The molecule has 0 heterocycles. The molecular weight excluding hydrogens is 214 g/mol. The summed E-state index contributed by atoms with van der Waals surface area (Å²) in [5.74, 6) is 0.329. The topological polar surface area (TPSA) is 72.3 Å². The molecule has 2 rings (SSSR count). The van der Waals surface area contributed by atoms with Crippen LogP contribution in [0.25, 0.3) is 0 Å². The molecule has 0 bridgehead atoms. The molecule has 1 saturated carbocycles. The number of nitrogens with two attached hydrogens (primary N) is 2. The highest BCUT2D eigenvalue weighted by Crippen LogP contribution is 2.37. The highest BCUT2D eigenvalue weighted by atomic mass is 16.1. The van der Waals surface area contributed by atoms with E-state index in [-0.39, 0.29) is 0 Å². The molecule has 92 valence electrons. The Labute approximate surface area is 102 Å². The predicted molar refractivity (Wildman–Crippen MR) is 70.0 cm³/mol. The molecule has 1 fully saturated rings. The molecule has 4 nitrogen and oxygen atoms in total. The van der Waals surface area contributed by atoms with E-state index in [1.165, 1.54) is 12.8 Å². The molecule has 0 saturated heterocycles. The van der Waals surface area contributed by atoms with E-state index in [4.69, 9.17) is 11.5 Å². The van der Waals surface area contributed by atoms with E-state index in [9.17, 15) is 4.79 Å². The number of benzene rings is 1. The first-order valence-corrected chi connectivity index (χ1v) is 5.93. The highest BCUT2D eigenvalue weighted by molar-refractivity contribution is 5.95. The fourth-order valence-electron chi connectivity index (χ4n) is 2.12. The minimum Gasteiger partial charge on any atom is -0.397 e. The average molecular weight is 233 g/mol. The molecule has 1 amide bonds. The summed E-state index contributed by atoms with van der Waals surface area (Å²) in [4.78, 5) is 13.3. The summed E-state index contributed by atoms with van der Waals surface area (Å²) in [6.45, 7) is 2.19. The third kappa shape index (κ3) is 2.35. The van der Waals surface area contributed by atoms with Crippen LogP contribution in [0.5, 0.6) is 0 Å². The largest absolute Gasteiger partial charge is 0.397 e. The lowest BCUT2D eigenvalue weighted by Crippen LogP contribution is -2.31. The second-order valence-electron chi connectivity index (χ2n) is 4.83. The van der Waals surface area contributed by atoms with Crippen LogP contribution in [0.2, 0.25) is 0 Å². The zero-order valence-corrected chi connectivity index (χ0v) is 10.3. The number of hydrogen-bond acceptors (Lipinski definition) is 3. The maximum absolute atomic E-state index is 11.2. The van der Waals surface area contributed by atoms with Gasteiger partial charge >= 0.3 is 0 Å². The third-order valence-electron chi connectivity index (χ3n) is 3.61. The van der Waals surface area contributed by atoms with E-state index >= 15 is 0 Å². The summed E-state index contributed by atoms with van der Waals surface area (Å²) < 4.78 is 0. The monoisotopic (exact) mass is 233 g/mol. The smallest absolute Gasteiger partial charge is 0.248 e. The van der Waals surface area contributed by atoms with Gasteiger partial charge < -0.3 is 16.4 Å². The summed E-state index contributed by atoms with van der Waals surface area (Å²) in [6, 6.07) is 5.62. The van der Waals surface area contributed by atoms with Crippen molar-refractivity contribution < 1.29 is 4.79 Å². The zero-order valence-electron chi connectivity index (χ0n) is 10.3. The van der Waals surface area contributed by atoms with Crippen molar-refractivity contribution >= 4 is 17.3 Å². The maximum Gasteiger partial charge on any atom is 0.248 e. The summed E-state index contributed by atoms with van der Waals surface area (Å²) in [5, 5.41) is 0. The van der Waals surface area contributed by atoms with Gasteiger partial charge in [-0.3, -0.25) is 4.79 Å². The van der Waals surface area contributed by atoms with E-state index in [2.05, 4.69) is 11.8 Å². The molecule has 0 spiro atoms. The van der Waals surface area contributed by atoms with Crippen LogP contribution >= 0.6 is 0 Å². The van der Waals surface area contributed by atoms with Gasteiger partial charge in [0.05, 0.1) is 11.4 Å². The van der Waals surface area contributed by atoms with Gasteiger partial charge in [-0.2, -0.15) is 0 Å². The summed E-state index contributed by atoms with van der Waals surface area (Å²) in [5.41, 5.74) is 13.3. The minimum absolute atomic E-state index is 0.418. The van der Waals surface area contributed by atoms with Gasteiger partial charge in [0, 0.05) is 18.7 Å². The number of rotatable bonds is 4. The number of carbonyl (C=O) groups is 1. The molecule has 4 N–H and O–H groups in total. The summed E-state index contributed by atoms with van der Waals surface area (Å²) in [7, 11) is 2.01. The lowest BCUT2D eigenvalue weighted by molar-refractivity contribution is 0.100. The van der Waals surface area contributed by atoms with Crippen LogP contribution in [0.4, 0.5) is 11.4 Å². The van der Waals surface area contributed by atoms with Crippen LogP contribution in [0.3, 0.4) is 0 Å². The minimum atomic E-state index is -0.418. The first-order chi connectivity index (χ1) is 8.00. The molecule has 0 aliphatic heterocycles. The normalized spacial score (nSPS) is 16.6. The van der Waals surface area contributed by atoms with Crippen LogP contribution in [-0.4, -0.2) is 19.0 Å². The Kier molecular flexibility index (Phi) is 2.96. The van der Waals surface area contributed by atoms with E-state index < -0.39 is 5.91 Å². The molecule has 0 aromatic heterocycles. The van der Waals surface area contributed by atoms with Crippen LogP contribution < -0.4 is 16.4 Å². The van der Waals surface area contributed by atoms with Gasteiger partial charge in [-0.25, -0.2) is 0 Å². The van der Waals surface area contributed by atoms with Crippen molar-refractivity contribution in [3.63, 3.8) is 0 Å². The number of hydrogen-bond donors (Lipinski definition) is 2. The SMILES string of the molecule is CC(C1CC1)N(C)c1cc(C(N)=O)ccc1N. The van der Waals surface area contributed by atoms with E-state index in [0.717, 1.165) is 11.6 Å². The molecule has 1 aliphatic rings. The van der Waals surface area contributed by atoms with Gasteiger partial charge in [0.2, 0.25) is 5.91 Å². The van der Waals surface area contributed by atoms with Gasteiger partial charge in [-0.05, 0) is 43.9 Å². The first-order valence-electron chi connectivity index (χ1n) is 5.93. The van der Waals surface area contributed by atoms with Crippen LogP contribution in [-0.2, 0) is 0 Å². The van der Waals surface area contributed by atoms with Crippen molar-refractivity contribution in [2.24, 2.45) is 11.7 Å². The van der Waals surface area contributed by atoms with Gasteiger partial charge in [0.1, 0.15) is 0 Å². The number of nitrogens with zero attached hydrogens (tertiary/aromatic N) is 1. The van der Waals surface area contributed by atoms with Gasteiger partial charge in [0.25, 0.3) is 0 Å². The zero-order chi connectivity index (χ0) is 12.6. The van der Waals surface area contributed by atoms with Crippen molar-refractivity contribution in [1.29, 1.82) is 0 Å². The number of anilines is 2. The van der Waals surface area contributed by atoms with Crippen molar-refractivity contribution in [2.75, 3.05) is 17.7 Å². The molecule has 17 heavy (non-hydrogen) atoms. The Morgan fingerprint density at radius 1 is 1.47 bits per heavy atom. The molecular formula is C13H19N3O. The van der Waals surface area contributed by atoms with Crippen LogP contribution in [0, 0.1) is 5.92 Å². The van der Waals surface area contributed by atoms with Gasteiger partial charge in [-0.15, -0.1) is 0 Å². The third-order valence-corrected chi connectivity index (χ3v) is 3.61. The highest BCUT2D eigenvalue weighted by Gasteiger charge is 2.31. The molecule has 4 heteroatoms.